The van der Waals surface area contributed by atoms with Gasteiger partial charge in [-0.05, 0) is 31.0 Å². The normalized spacial score (nSPS) is 13.7. The first-order valence-corrected chi connectivity index (χ1v) is 9.67. The van der Waals surface area contributed by atoms with Crippen molar-refractivity contribution in [3.63, 3.8) is 0 Å². The molecule has 1 fully saturated rings. The average Bonchev–Trinajstić information content (AvgIpc) is 3.45. The smallest absolute Gasteiger partial charge is 0.264 e. The molecule has 2 N–H and O–H groups in total. The molecule has 0 atom stereocenters. The predicted molar refractivity (Wildman–Crippen MR) is 97.2 cm³/mol. The molecule has 1 amide bonds. The molecule has 0 spiro atoms. The zero-order valence-electron chi connectivity index (χ0n) is 14.8. The molecule has 2 aromatic rings. The molecule has 0 bridgehead atoms. The Hall–Kier alpha value is -2.81. The van der Waals surface area contributed by atoms with E-state index in [1.807, 2.05) is 0 Å². The van der Waals surface area contributed by atoms with Gasteiger partial charge in [-0.25, -0.2) is 12.8 Å². The van der Waals surface area contributed by atoms with E-state index >= 15 is 0 Å². The fourth-order valence-electron chi connectivity index (χ4n) is 2.47. The van der Waals surface area contributed by atoms with Gasteiger partial charge in [0.05, 0.1) is 14.2 Å². The number of methoxy groups -OCH3 is 2. The summed E-state index contributed by atoms with van der Waals surface area (Å²) in [5.41, 5.74) is 0.461. The number of benzene rings is 2. The van der Waals surface area contributed by atoms with E-state index in [-0.39, 0.29) is 29.1 Å². The number of hydrogen-bond donors (Lipinski definition) is 2. The molecule has 0 radical (unpaired) electrons. The van der Waals surface area contributed by atoms with Crippen LogP contribution in [0.5, 0.6) is 11.5 Å². The van der Waals surface area contributed by atoms with E-state index in [0.717, 1.165) is 25.0 Å². The van der Waals surface area contributed by atoms with Gasteiger partial charge < -0.3 is 14.8 Å². The lowest BCUT2D eigenvalue weighted by atomic mass is 10.2. The van der Waals surface area contributed by atoms with Gasteiger partial charge in [0.25, 0.3) is 15.9 Å². The Kier molecular flexibility index (Phi) is 5.22. The highest BCUT2D eigenvalue weighted by atomic mass is 32.2. The quantitative estimate of drug-likeness (QED) is 0.753. The molecule has 0 aromatic heterocycles. The number of ether oxygens (including phenoxy) is 2. The minimum atomic E-state index is -4.25. The minimum absolute atomic E-state index is 0.0766. The highest BCUT2D eigenvalue weighted by Crippen LogP contribution is 2.32. The first-order chi connectivity index (χ1) is 12.8. The monoisotopic (exact) mass is 394 g/mol. The maximum atomic E-state index is 14.3. The van der Waals surface area contributed by atoms with Crippen molar-refractivity contribution in [2.45, 2.75) is 23.8 Å². The molecule has 144 valence electrons. The summed E-state index contributed by atoms with van der Waals surface area (Å²) in [5.74, 6) is -1.11. The molecular formula is C18H19FN2O5S. The third kappa shape index (κ3) is 4.30. The fourth-order valence-corrected chi connectivity index (χ4v) is 3.60. The summed E-state index contributed by atoms with van der Waals surface area (Å²) in [4.78, 5) is 11.5. The molecule has 3 rings (SSSR count). The second kappa shape index (κ2) is 7.43. The van der Waals surface area contributed by atoms with Crippen molar-refractivity contribution in [3.8, 4) is 11.5 Å². The Morgan fingerprint density at radius 3 is 2.41 bits per heavy atom. The van der Waals surface area contributed by atoms with Gasteiger partial charge in [-0.2, -0.15) is 0 Å². The number of carbonyl (C=O) groups excluding carboxylic acids is 1. The van der Waals surface area contributed by atoms with Gasteiger partial charge in [0, 0.05) is 29.4 Å². The summed E-state index contributed by atoms with van der Waals surface area (Å²) in [7, 11) is -1.60. The predicted octanol–water partition coefficient (Wildman–Crippen LogP) is 2.54. The van der Waals surface area contributed by atoms with Gasteiger partial charge in [0.15, 0.2) is 11.5 Å². The molecule has 0 saturated heterocycles. The third-order valence-electron chi connectivity index (χ3n) is 4.02. The largest absolute Gasteiger partial charge is 0.493 e. The van der Waals surface area contributed by atoms with Crippen LogP contribution in [0.25, 0.3) is 0 Å². The highest BCUT2D eigenvalue weighted by molar-refractivity contribution is 7.92. The number of amides is 1. The molecular weight excluding hydrogens is 375 g/mol. The second-order valence-electron chi connectivity index (χ2n) is 6.07. The molecule has 27 heavy (non-hydrogen) atoms. The molecule has 1 aliphatic rings. The van der Waals surface area contributed by atoms with E-state index < -0.39 is 20.7 Å². The molecule has 1 aliphatic carbocycles. The van der Waals surface area contributed by atoms with E-state index in [9.17, 15) is 17.6 Å². The molecule has 7 nitrogen and oxygen atoms in total. The van der Waals surface area contributed by atoms with Crippen LogP contribution in [0.15, 0.2) is 41.3 Å². The van der Waals surface area contributed by atoms with Crippen LogP contribution in [0.2, 0.25) is 0 Å². The number of nitrogens with one attached hydrogen (secondary N) is 2. The van der Waals surface area contributed by atoms with Crippen molar-refractivity contribution in [2.24, 2.45) is 0 Å². The summed E-state index contributed by atoms with van der Waals surface area (Å²) in [6.45, 7) is 0. The van der Waals surface area contributed by atoms with Crippen molar-refractivity contribution >= 4 is 21.6 Å². The van der Waals surface area contributed by atoms with Gasteiger partial charge >= 0.3 is 0 Å². The van der Waals surface area contributed by atoms with Gasteiger partial charge in [0.2, 0.25) is 0 Å². The summed E-state index contributed by atoms with van der Waals surface area (Å²) < 4.78 is 51.8. The number of carbonyl (C=O) groups is 1. The van der Waals surface area contributed by atoms with Crippen LogP contribution in [0, 0.1) is 5.82 Å². The first kappa shape index (κ1) is 19.0. The summed E-state index contributed by atoms with van der Waals surface area (Å²) in [6, 6.07) is 8.15. The molecule has 0 aliphatic heterocycles. The minimum Gasteiger partial charge on any atom is -0.493 e. The molecule has 1 saturated carbocycles. The van der Waals surface area contributed by atoms with E-state index in [0.29, 0.717) is 5.56 Å². The van der Waals surface area contributed by atoms with Gasteiger partial charge in [-0.15, -0.1) is 0 Å². The van der Waals surface area contributed by atoms with Gasteiger partial charge in [0.1, 0.15) is 10.7 Å². The number of hydrogen-bond acceptors (Lipinski definition) is 5. The zero-order valence-corrected chi connectivity index (χ0v) is 15.6. The maximum Gasteiger partial charge on any atom is 0.264 e. The second-order valence-corrected chi connectivity index (χ2v) is 7.72. The molecule has 0 heterocycles. The Morgan fingerprint density at radius 1 is 1.11 bits per heavy atom. The van der Waals surface area contributed by atoms with Crippen LogP contribution >= 0.6 is 0 Å². The van der Waals surface area contributed by atoms with Crippen LogP contribution in [-0.4, -0.2) is 34.6 Å². The van der Waals surface area contributed by atoms with Crippen LogP contribution in [-0.2, 0) is 10.0 Å². The Labute approximate surface area is 156 Å². The topological polar surface area (TPSA) is 93.7 Å². The zero-order chi connectivity index (χ0) is 19.6. The van der Waals surface area contributed by atoms with E-state index in [1.165, 1.54) is 26.4 Å². The Bertz CT molecular complexity index is 974. The Morgan fingerprint density at radius 2 is 1.78 bits per heavy atom. The molecule has 9 heteroatoms. The fraction of sp³-hybridized carbons (Fsp3) is 0.278. The lowest BCUT2D eigenvalue weighted by Crippen LogP contribution is -2.25. The van der Waals surface area contributed by atoms with Crippen molar-refractivity contribution in [1.29, 1.82) is 0 Å². The summed E-state index contributed by atoms with van der Waals surface area (Å²) in [5, 5.41) is 2.82. The number of rotatable bonds is 7. The number of halogens is 1. The summed E-state index contributed by atoms with van der Waals surface area (Å²) >= 11 is 0. The van der Waals surface area contributed by atoms with Gasteiger partial charge in [-0.3, -0.25) is 9.52 Å². The van der Waals surface area contributed by atoms with Crippen molar-refractivity contribution < 1.29 is 27.1 Å². The van der Waals surface area contributed by atoms with Crippen molar-refractivity contribution in [2.75, 3.05) is 18.9 Å². The standard InChI is InChI=1S/C18H19FN2O5S/c1-25-15-9-14(19)17(10-16(15)26-2)27(23,24)21-13-5-3-4-11(8-13)18(22)20-12-6-7-12/h3-5,8-10,12,21H,6-7H2,1-2H3,(H,20,22). The average molecular weight is 394 g/mol. The van der Waals surface area contributed by atoms with E-state index in [1.54, 1.807) is 12.1 Å². The summed E-state index contributed by atoms with van der Waals surface area (Å²) in [6.07, 6.45) is 1.88. The van der Waals surface area contributed by atoms with Crippen LogP contribution in [0.3, 0.4) is 0 Å². The molecule has 2 aromatic carbocycles. The lowest BCUT2D eigenvalue weighted by molar-refractivity contribution is 0.0951. The van der Waals surface area contributed by atoms with E-state index in [4.69, 9.17) is 9.47 Å². The van der Waals surface area contributed by atoms with Crippen LogP contribution < -0.4 is 19.5 Å². The lowest BCUT2D eigenvalue weighted by Gasteiger charge is -2.13. The molecule has 0 unspecified atom stereocenters. The van der Waals surface area contributed by atoms with Crippen molar-refractivity contribution in [1.82, 2.24) is 5.32 Å². The third-order valence-corrected chi connectivity index (χ3v) is 5.41. The first-order valence-electron chi connectivity index (χ1n) is 8.19. The number of anilines is 1. The van der Waals surface area contributed by atoms with Gasteiger partial charge in [-0.1, -0.05) is 6.07 Å². The SMILES string of the molecule is COc1cc(F)c(S(=O)(=O)Nc2cccc(C(=O)NC3CC3)c2)cc1OC. The Balaban J connectivity index is 1.87. The van der Waals surface area contributed by atoms with E-state index in [2.05, 4.69) is 10.0 Å². The number of sulfonamides is 1. The van der Waals surface area contributed by atoms with Crippen molar-refractivity contribution in [3.05, 3.63) is 47.8 Å². The van der Waals surface area contributed by atoms with Crippen LogP contribution in [0.1, 0.15) is 23.2 Å². The maximum absolute atomic E-state index is 14.3. The highest BCUT2D eigenvalue weighted by Gasteiger charge is 2.25. The van der Waals surface area contributed by atoms with Crippen LogP contribution in [0.4, 0.5) is 10.1 Å².